The lowest BCUT2D eigenvalue weighted by atomic mass is 10.1. The maximum atomic E-state index is 12.4. The van der Waals surface area contributed by atoms with E-state index in [0.29, 0.717) is 21.5 Å². The number of thiocarbonyl (C=S) groups is 1. The standard InChI is InChI=1S/C23H22N2O3S2/c1-4-10-25-22(27)20(30-23(25)29)13-17-6-5-7-18(12-17)28-14-21(26)24-19-9-8-15(2)11-16(19)3/h4-9,11-13H,1,10,14H2,2-3H3,(H,24,26)/b20-13-. The quantitative estimate of drug-likeness (QED) is 0.385. The first-order chi connectivity index (χ1) is 14.4. The van der Waals surface area contributed by atoms with Crippen molar-refractivity contribution >= 4 is 51.9 Å². The molecule has 2 amide bonds. The van der Waals surface area contributed by atoms with Crippen LogP contribution in [0.3, 0.4) is 0 Å². The Kier molecular flexibility index (Phi) is 7.07. The normalized spacial score (nSPS) is 14.9. The van der Waals surface area contributed by atoms with Gasteiger partial charge in [-0.3, -0.25) is 14.5 Å². The molecule has 1 heterocycles. The molecule has 5 nitrogen and oxygen atoms in total. The van der Waals surface area contributed by atoms with Gasteiger partial charge >= 0.3 is 0 Å². The largest absolute Gasteiger partial charge is 0.484 e. The third-order valence-electron chi connectivity index (χ3n) is 4.37. The lowest BCUT2D eigenvalue weighted by Gasteiger charge is -2.11. The highest BCUT2D eigenvalue weighted by Gasteiger charge is 2.30. The van der Waals surface area contributed by atoms with Crippen LogP contribution in [0.5, 0.6) is 5.75 Å². The summed E-state index contributed by atoms with van der Waals surface area (Å²) in [5, 5.41) is 2.86. The average molecular weight is 439 g/mol. The van der Waals surface area contributed by atoms with Crippen LogP contribution in [0.2, 0.25) is 0 Å². The highest BCUT2D eigenvalue weighted by Crippen LogP contribution is 2.32. The Balaban J connectivity index is 1.63. The molecule has 0 unspecified atom stereocenters. The van der Waals surface area contributed by atoms with Gasteiger partial charge in [-0.1, -0.05) is 59.9 Å². The number of amides is 2. The molecule has 1 fully saturated rings. The van der Waals surface area contributed by atoms with Crippen LogP contribution in [0.25, 0.3) is 6.08 Å². The van der Waals surface area contributed by atoms with Crippen molar-refractivity contribution in [1.82, 2.24) is 4.90 Å². The summed E-state index contributed by atoms with van der Waals surface area (Å²) >= 11 is 6.51. The smallest absolute Gasteiger partial charge is 0.266 e. The Morgan fingerprint density at radius 1 is 1.27 bits per heavy atom. The van der Waals surface area contributed by atoms with Crippen molar-refractivity contribution in [1.29, 1.82) is 0 Å². The first-order valence-electron chi connectivity index (χ1n) is 9.33. The second-order valence-electron chi connectivity index (χ2n) is 6.81. The number of carbonyl (C=O) groups excluding carboxylic acids is 2. The summed E-state index contributed by atoms with van der Waals surface area (Å²) in [5.41, 5.74) is 3.70. The summed E-state index contributed by atoms with van der Waals surface area (Å²) in [6.07, 6.45) is 3.41. The molecule has 0 aliphatic carbocycles. The molecule has 0 bridgehead atoms. The lowest BCUT2D eigenvalue weighted by Crippen LogP contribution is -2.27. The number of rotatable bonds is 7. The highest BCUT2D eigenvalue weighted by molar-refractivity contribution is 8.26. The van der Waals surface area contributed by atoms with Crippen LogP contribution in [0, 0.1) is 13.8 Å². The molecule has 7 heteroatoms. The molecule has 1 aliphatic heterocycles. The minimum atomic E-state index is -0.238. The van der Waals surface area contributed by atoms with Crippen molar-refractivity contribution in [2.75, 3.05) is 18.5 Å². The van der Waals surface area contributed by atoms with Crippen LogP contribution in [-0.2, 0) is 9.59 Å². The van der Waals surface area contributed by atoms with E-state index < -0.39 is 0 Å². The third kappa shape index (κ3) is 5.37. The van der Waals surface area contributed by atoms with Gasteiger partial charge in [-0.05, 0) is 49.2 Å². The fraction of sp³-hybridized carbons (Fsp3) is 0.174. The topological polar surface area (TPSA) is 58.6 Å². The van der Waals surface area contributed by atoms with E-state index in [9.17, 15) is 9.59 Å². The maximum absolute atomic E-state index is 12.4. The summed E-state index contributed by atoms with van der Waals surface area (Å²) in [6.45, 7) is 7.88. The van der Waals surface area contributed by atoms with Gasteiger partial charge < -0.3 is 10.1 Å². The number of nitrogens with one attached hydrogen (secondary N) is 1. The molecule has 0 saturated carbocycles. The Labute approximate surface area is 185 Å². The van der Waals surface area contributed by atoms with Gasteiger partial charge in [0.1, 0.15) is 10.1 Å². The highest BCUT2D eigenvalue weighted by atomic mass is 32.2. The van der Waals surface area contributed by atoms with Crippen molar-refractivity contribution < 1.29 is 14.3 Å². The van der Waals surface area contributed by atoms with E-state index in [0.717, 1.165) is 22.4 Å². The Morgan fingerprint density at radius 2 is 2.07 bits per heavy atom. The van der Waals surface area contributed by atoms with E-state index in [1.165, 1.54) is 16.7 Å². The zero-order valence-corrected chi connectivity index (χ0v) is 18.4. The van der Waals surface area contributed by atoms with E-state index in [4.69, 9.17) is 17.0 Å². The summed E-state index contributed by atoms with van der Waals surface area (Å²) < 4.78 is 6.15. The van der Waals surface area contributed by atoms with Gasteiger partial charge in [-0.2, -0.15) is 0 Å². The molecule has 0 spiro atoms. The van der Waals surface area contributed by atoms with Crippen LogP contribution in [0.1, 0.15) is 16.7 Å². The maximum Gasteiger partial charge on any atom is 0.266 e. The number of ether oxygens (including phenoxy) is 1. The van der Waals surface area contributed by atoms with Crippen LogP contribution < -0.4 is 10.1 Å². The number of nitrogens with zero attached hydrogens (tertiary/aromatic N) is 1. The second kappa shape index (κ2) is 9.73. The molecule has 0 aromatic heterocycles. The minimum absolute atomic E-state index is 0.113. The molecule has 1 saturated heterocycles. The molecule has 3 rings (SSSR count). The van der Waals surface area contributed by atoms with E-state index in [2.05, 4.69) is 11.9 Å². The summed E-state index contributed by atoms with van der Waals surface area (Å²) in [7, 11) is 0. The van der Waals surface area contributed by atoms with Crippen LogP contribution in [0.15, 0.2) is 60.0 Å². The lowest BCUT2D eigenvalue weighted by molar-refractivity contribution is -0.121. The first kappa shape index (κ1) is 21.8. The van der Waals surface area contributed by atoms with E-state index in [1.54, 1.807) is 24.3 Å². The summed E-state index contributed by atoms with van der Waals surface area (Å²) in [4.78, 5) is 26.7. The number of aryl methyl sites for hydroxylation is 2. The number of hydrogen-bond donors (Lipinski definition) is 1. The SMILES string of the molecule is C=CCN1C(=O)/C(=C/c2cccc(OCC(=O)Nc3ccc(C)cc3C)c2)SC1=S. The predicted octanol–water partition coefficient (Wildman–Crippen LogP) is 4.71. The molecule has 1 aliphatic rings. The van der Waals surface area contributed by atoms with Crippen LogP contribution in [-0.4, -0.2) is 34.2 Å². The molecule has 154 valence electrons. The Bertz CT molecular complexity index is 1050. The molecular formula is C23H22N2O3S2. The number of thioether (sulfide) groups is 1. The number of anilines is 1. The summed E-state index contributed by atoms with van der Waals surface area (Å²) in [6, 6.07) is 13.1. The molecule has 1 N–H and O–H groups in total. The average Bonchev–Trinajstić information content (AvgIpc) is 2.97. The van der Waals surface area contributed by atoms with Gasteiger partial charge in [-0.25, -0.2) is 0 Å². The molecule has 2 aromatic carbocycles. The van der Waals surface area contributed by atoms with Crippen molar-refractivity contribution in [3.8, 4) is 5.75 Å². The Morgan fingerprint density at radius 3 is 2.80 bits per heavy atom. The van der Waals surface area contributed by atoms with Crippen LogP contribution in [0.4, 0.5) is 5.69 Å². The van der Waals surface area contributed by atoms with Gasteiger partial charge in [0.25, 0.3) is 11.8 Å². The van der Waals surface area contributed by atoms with Gasteiger partial charge in [0.05, 0.1) is 4.91 Å². The predicted molar refractivity (Wildman–Crippen MR) is 127 cm³/mol. The van der Waals surface area contributed by atoms with Gasteiger partial charge in [0, 0.05) is 12.2 Å². The zero-order valence-electron chi connectivity index (χ0n) is 16.8. The number of hydrogen-bond acceptors (Lipinski definition) is 5. The van der Waals surface area contributed by atoms with Gasteiger partial charge in [0.2, 0.25) is 0 Å². The second-order valence-corrected chi connectivity index (χ2v) is 8.48. The van der Waals surface area contributed by atoms with E-state index >= 15 is 0 Å². The molecular weight excluding hydrogens is 416 g/mol. The molecule has 0 radical (unpaired) electrons. The van der Waals surface area contributed by atoms with Crippen molar-refractivity contribution in [2.45, 2.75) is 13.8 Å². The molecule has 30 heavy (non-hydrogen) atoms. The van der Waals surface area contributed by atoms with Crippen molar-refractivity contribution in [3.63, 3.8) is 0 Å². The molecule has 0 atom stereocenters. The van der Waals surface area contributed by atoms with Crippen molar-refractivity contribution in [3.05, 3.63) is 76.7 Å². The van der Waals surface area contributed by atoms with Gasteiger partial charge in [-0.15, -0.1) is 6.58 Å². The number of benzene rings is 2. The van der Waals surface area contributed by atoms with E-state index in [-0.39, 0.29) is 18.4 Å². The first-order valence-corrected chi connectivity index (χ1v) is 10.6. The monoisotopic (exact) mass is 438 g/mol. The number of carbonyl (C=O) groups is 2. The Hall–Kier alpha value is -2.90. The molecule has 2 aromatic rings. The zero-order chi connectivity index (χ0) is 21.7. The van der Waals surface area contributed by atoms with Crippen molar-refractivity contribution in [2.24, 2.45) is 0 Å². The fourth-order valence-electron chi connectivity index (χ4n) is 2.92. The summed E-state index contributed by atoms with van der Waals surface area (Å²) in [5.74, 6) is 0.169. The van der Waals surface area contributed by atoms with Gasteiger partial charge in [0.15, 0.2) is 6.61 Å². The van der Waals surface area contributed by atoms with Crippen LogP contribution >= 0.6 is 24.0 Å². The fourth-order valence-corrected chi connectivity index (χ4v) is 4.20. The van der Waals surface area contributed by atoms with E-state index in [1.807, 2.05) is 44.2 Å². The third-order valence-corrected chi connectivity index (χ3v) is 5.74. The minimum Gasteiger partial charge on any atom is -0.484 e.